The Labute approximate surface area is 134 Å². The van der Waals surface area contributed by atoms with Crippen LogP contribution in [-0.2, 0) is 13.0 Å². The zero-order chi connectivity index (χ0) is 15.1. The first-order valence-corrected chi connectivity index (χ1v) is 9.57. The summed E-state index contributed by atoms with van der Waals surface area (Å²) in [5, 5.41) is 4.82. The molecule has 0 aromatic carbocycles. The maximum Gasteiger partial charge on any atom is 0.186 e. The first kappa shape index (κ1) is 16.8. The van der Waals surface area contributed by atoms with Crippen LogP contribution in [0.4, 0.5) is 5.13 Å². The molecular formula is C17H31N3S. The van der Waals surface area contributed by atoms with Gasteiger partial charge in [-0.15, -0.1) is 11.3 Å². The smallest absolute Gasteiger partial charge is 0.186 e. The molecule has 0 saturated carbocycles. The summed E-state index contributed by atoms with van der Waals surface area (Å²) < 4.78 is 0. The van der Waals surface area contributed by atoms with Gasteiger partial charge in [0.1, 0.15) is 0 Å². The molecule has 0 spiro atoms. The molecule has 1 unspecified atom stereocenters. The van der Waals surface area contributed by atoms with E-state index in [9.17, 15) is 0 Å². The third-order valence-electron chi connectivity index (χ3n) is 4.31. The maximum absolute atomic E-state index is 5.00. The molecule has 1 aromatic heterocycles. The van der Waals surface area contributed by atoms with Crippen LogP contribution in [-0.4, -0.2) is 24.1 Å². The van der Waals surface area contributed by atoms with Crippen LogP contribution < -0.4 is 10.2 Å². The van der Waals surface area contributed by atoms with Gasteiger partial charge < -0.3 is 10.2 Å². The average molecular weight is 310 g/mol. The van der Waals surface area contributed by atoms with Crippen molar-refractivity contribution in [3.8, 4) is 0 Å². The van der Waals surface area contributed by atoms with Gasteiger partial charge in [-0.25, -0.2) is 4.98 Å². The molecular weight excluding hydrogens is 278 g/mol. The normalized spacial score (nSPS) is 19.2. The Balaban J connectivity index is 2.12. The van der Waals surface area contributed by atoms with E-state index in [1.54, 1.807) is 0 Å². The number of hydrogen-bond donors (Lipinski definition) is 1. The summed E-state index contributed by atoms with van der Waals surface area (Å²) in [6, 6.07) is 0.704. The number of hydrogen-bond acceptors (Lipinski definition) is 4. The fraction of sp³-hybridized carbons (Fsp3) is 0.824. The average Bonchev–Trinajstić information content (AvgIpc) is 2.91. The van der Waals surface area contributed by atoms with Gasteiger partial charge in [0.05, 0.1) is 5.69 Å². The molecule has 1 aliphatic heterocycles. The molecule has 1 aliphatic rings. The number of nitrogens with zero attached hydrogens (tertiary/aromatic N) is 2. The zero-order valence-electron chi connectivity index (χ0n) is 14.0. The Morgan fingerprint density at radius 2 is 2.10 bits per heavy atom. The van der Waals surface area contributed by atoms with Crippen LogP contribution in [0.1, 0.15) is 69.9 Å². The highest BCUT2D eigenvalue weighted by atomic mass is 32.1. The van der Waals surface area contributed by atoms with E-state index in [2.05, 4.69) is 31.0 Å². The Kier molecular flexibility index (Phi) is 6.97. The van der Waals surface area contributed by atoms with Crippen molar-refractivity contribution in [1.82, 2.24) is 10.3 Å². The van der Waals surface area contributed by atoms with Gasteiger partial charge >= 0.3 is 0 Å². The third-order valence-corrected chi connectivity index (χ3v) is 5.44. The molecule has 3 nitrogen and oxygen atoms in total. The van der Waals surface area contributed by atoms with Crippen LogP contribution in [0.5, 0.6) is 0 Å². The predicted octanol–water partition coefficient (Wildman–Crippen LogP) is 4.36. The molecule has 2 heterocycles. The van der Waals surface area contributed by atoms with Crippen LogP contribution in [0.2, 0.25) is 0 Å². The third kappa shape index (κ3) is 4.43. The van der Waals surface area contributed by atoms with Gasteiger partial charge in [0.25, 0.3) is 0 Å². The quantitative estimate of drug-likeness (QED) is 0.723. The van der Waals surface area contributed by atoms with Crippen molar-refractivity contribution in [3.63, 3.8) is 0 Å². The lowest BCUT2D eigenvalue weighted by Gasteiger charge is -2.35. The van der Waals surface area contributed by atoms with Crippen molar-refractivity contribution in [2.75, 3.05) is 18.0 Å². The van der Waals surface area contributed by atoms with Crippen LogP contribution in [0.3, 0.4) is 0 Å². The van der Waals surface area contributed by atoms with Gasteiger partial charge in [0.2, 0.25) is 0 Å². The molecule has 2 rings (SSSR count). The highest BCUT2D eigenvalue weighted by molar-refractivity contribution is 7.15. The maximum atomic E-state index is 5.00. The van der Waals surface area contributed by atoms with E-state index in [1.165, 1.54) is 60.8 Å². The summed E-state index contributed by atoms with van der Waals surface area (Å²) in [5.74, 6) is 0. The number of piperidine rings is 1. The molecule has 0 aliphatic carbocycles. The minimum absolute atomic E-state index is 0.704. The molecule has 1 N–H and O–H groups in total. The first-order valence-electron chi connectivity index (χ1n) is 8.76. The Bertz CT molecular complexity index is 416. The fourth-order valence-corrected chi connectivity index (χ4v) is 4.29. The number of aryl methyl sites for hydroxylation is 1. The summed E-state index contributed by atoms with van der Waals surface area (Å²) in [7, 11) is 0. The lowest BCUT2D eigenvalue weighted by atomic mass is 10.0. The van der Waals surface area contributed by atoms with Crippen molar-refractivity contribution in [1.29, 1.82) is 0 Å². The largest absolute Gasteiger partial charge is 0.345 e. The fourth-order valence-electron chi connectivity index (χ4n) is 3.12. The van der Waals surface area contributed by atoms with Crippen molar-refractivity contribution in [2.45, 2.75) is 78.3 Å². The first-order chi connectivity index (χ1) is 10.3. The van der Waals surface area contributed by atoms with Crippen molar-refractivity contribution in [3.05, 3.63) is 10.6 Å². The Morgan fingerprint density at radius 1 is 1.24 bits per heavy atom. The SMILES string of the molecule is CCCNCc1sc(N2CCCCC2CC)nc1CCC. The van der Waals surface area contributed by atoms with Crippen molar-refractivity contribution >= 4 is 16.5 Å². The van der Waals surface area contributed by atoms with Crippen LogP contribution in [0.15, 0.2) is 0 Å². The number of thiazole rings is 1. The van der Waals surface area contributed by atoms with E-state index in [0.717, 1.165) is 19.5 Å². The van der Waals surface area contributed by atoms with Gasteiger partial charge in [0.15, 0.2) is 5.13 Å². The van der Waals surface area contributed by atoms with E-state index >= 15 is 0 Å². The summed E-state index contributed by atoms with van der Waals surface area (Å²) in [6.07, 6.45) is 8.77. The predicted molar refractivity (Wildman–Crippen MR) is 93.4 cm³/mol. The molecule has 1 aromatic rings. The summed E-state index contributed by atoms with van der Waals surface area (Å²) in [6.45, 7) is 10.1. The van der Waals surface area contributed by atoms with Crippen LogP contribution >= 0.6 is 11.3 Å². The molecule has 0 bridgehead atoms. The highest BCUT2D eigenvalue weighted by Gasteiger charge is 2.24. The van der Waals surface area contributed by atoms with E-state index < -0.39 is 0 Å². The minimum Gasteiger partial charge on any atom is -0.345 e. The van der Waals surface area contributed by atoms with E-state index in [0.29, 0.717) is 6.04 Å². The highest BCUT2D eigenvalue weighted by Crippen LogP contribution is 2.32. The van der Waals surface area contributed by atoms with E-state index in [-0.39, 0.29) is 0 Å². The number of aromatic nitrogens is 1. The van der Waals surface area contributed by atoms with Crippen molar-refractivity contribution in [2.24, 2.45) is 0 Å². The van der Waals surface area contributed by atoms with Gasteiger partial charge in [-0.05, 0) is 45.1 Å². The Morgan fingerprint density at radius 3 is 2.81 bits per heavy atom. The number of anilines is 1. The van der Waals surface area contributed by atoms with E-state index in [4.69, 9.17) is 4.98 Å². The molecule has 120 valence electrons. The molecule has 1 fully saturated rings. The zero-order valence-corrected chi connectivity index (χ0v) is 14.8. The standard InChI is InChI=1S/C17H31N3S/c1-4-9-15-16(13-18-11-5-2)21-17(19-15)20-12-8-7-10-14(20)6-3/h14,18H,4-13H2,1-3H3. The molecule has 21 heavy (non-hydrogen) atoms. The Hall–Kier alpha value is -0.610. The number of rotatable bonds is 8. The van der Waals surface area contributed by atoms with Gasteiger partial charge in [-0.3, -0.25) is 0 Å². The van der Waals surface area contributed by atoms with Gasteiger partial charge in [0, 0.05) is 24.0 Å². The lowest BCUT2D eigenvalue weighted by Crippen LogP contribution is -2.39. The van der Waals surface area contributed by atoms with Gasteiger partial charge in [-0.2, -0.15) is 0 Å². The van der Waals surface area contributed by atoms with E-state index in [1.807, 2.05) is 11.3 Å². The second-order valence-electron chi connectivity index (χ2n) is 6.04. The summed E-state index contributed by atoms with van der Waals surface area (Å²) in [4.78, 5) is 9.04. The molecule has 1 saturated heterocycles. The minimum atomic E-state index is 0.704. The summed E-state index contributed by atoms with van der Waals surface area (Å²) >= 11 is 1.93. The topological polar surface area (TPSA) is 28.2 Å². The molecule has 1 atom stereocenters. The number of nitrogens with one attached hydrogen (secondary N) is 1. The van der Waals surface area contributed by atoms with Crippen molar-refractivity contribution < 1.29 is 0 Å². The van der Waals surface area contributed by atoms with Gasteiger partial charge in [-0.1, -0.05) is 27.2 Å². The molecule has 0 amide bonds. The second-order valence-corrected chi connectivity index (χ2v) is 7.11. The summed E-state index contributed by atoms with van der Waals surface area (Å²) in [5.41, 5.74) is 1.33. The monoisotopic (exact) mass is 309 g/mol. The molecule has 4 heteroatoms. The van der Waals surface area contributed by atoms with Crippen LogP contribution in [0.25, 0.3) is 0 Å². The second kappa shape index (κ2) is 8.74. The lowest BCUT2D eigenvalue weighted by molar-refractivity contribution is 0.449. The van der Waals surface area contributed by atoms with Crippen LogP contribution in [0, 0.1) is 0 Å². The molecule has 0 radical (unpaired) electrons.